The number of carbonyl (C=O) groups excluding carboxylic acids is 1. The minimum absolute atomic E-state index is 0.0665. The van der Waals surface area contributed by atoms with E-state index in [2.05, 4.69) is 21.8 Å². The maximum Gasteiger partial charge on any atom is 0.263 e. The number of nitrogens with one attached hydrogen (secondary N) is 1. The summed E-state index contributed by atoms with van der Waals surface area (Å²) in [4.78, 5) is 19.4. The molecule has 1 saturated heterocycles. The SMILES string of the molecule is C=CCNC(=O)c1sc(CN2CCOCC2)nc1C. The molecule has 1 fully saturated rings. The maximum atomic E-state index is 11.9. The van der Waals surface area contributed by atoms with E-state index in [1.807, 2.05) is 6.92 Å². The molecular weight excluding hydrogens is 262 g/mol. The highest BCUT2D eigenvalue weighted by atomic mass is 32.1. The van der Waals surface area contributed by atoms with Crippen molar-refractivity contribution >= 4 is 17.2 Å². The Bertz CT molecular complexity index is 453. The van der Waals surface area contributed by atoms with Gasteiger partial charge in [0.25, 0.3) is 5.91 Å². The molecule has 1 aliphatic rings. The maximum absolute atomic E-state index is 11.9. The lowest BCUT2D eigenvalue weighted by Gasteiger charge is -2.25. The molecule has 0 saturated carbocycles. The van der Waals surface area contributed by atoms with Crippen molar-refractivity contribution in [2.75, 3.05) is 32.8 Å². The van der Waals surface area contributed by atoms with E-state index in [1.54, 1.807) is 6.08 Å². The van der Waals surface area contributed by atoms with Gasteiger partial charge < -0.3 is 10.1 Å². The molecule has 2 rings (SSSR count). The largest absolute Gasteiger partial charge is 0.379 e. The van der Waals surface area contributed by atoms with Gasteiger partial charge in [0.1, 0.15) is 9.88 Å². The van der Waals surface area contributed by atoms with Crippen molar-refractivity contribution in [2.24, 2.45) is 0 Å². The van der Waals surface area contributed by atoms with Crippen LogP contribution in [-0.4, -0.2) is 48.6 Å². The van der Waals surface area contributed by atoms with Crippen molar-refractivity contribution in [3.05, 3.63) is 28.2 Å². The fourth-order valence-electron chi connectivity index (χ4n) is 1.93. The third-order valence-corrected chi connectivity index (χ3v) is 4.06. The zero-order chi connectivity index (χ0) is 13.7. The molecule has 1 aliphatic heterocycles. The Morgan fingerprint density at radius 1 is 1.58 bits per heavy atom. The zero-order valence-electron chi connectivity index (χ0n) is 11.1. The Hall–Kier alpha value is -1.24. The minimum atomic E-state index is -0.0665. The van der Waals surface area contributed by atoms with E-state index in [4.69, 9.17) is 4.74 Å². The quantitative estimate of drug-likeness (QED) is 0.824. The highest BCUT2D eigenvalue weighted by Gasteiger charge is 2.17. The summed E-state index contributed by atoms with van der Waals surface area (Å²) in [6.45, 7) is 10.1. The number of hydrogen-bond acceptors (Lipinski definition) is 5. The average molecular weight is 281 g/mol. The van der Waals surface area contributed by atoms with Gasteiger partial charge in [-0.25, -0.2) is 4.98 Å². The first-order valence-electron chi connectivity index (χ1n) is 6.36. The van der Waals surface area contributed by atoms with Crippen molar-refractivity contribution in [1.29, 1.82) is 0 Å². The van der Waals surface area contributed by atoms with Gasteiger partial charge in [-0.3, -0.25) is 9.69 Å². The second-order valence-electron chi connectivity index (χ2n) is 4.41. The predicted molar refractivity (Wildman–Crippen MR) is 75.5 cm³/mol. The number of nitrogens with zero attached hydrogens (tertiary/aromatic N) is 2. The molecule has 0 aromatic carbocycles. The van der Waals surface area contributed by atoms with E-state index < -0.39 is 0 Å². The Morgan fingerprint density at radius 3 is 3.00 bits per heavy atom. The number of rotatable bonds is 5. The van der Waals surface area contributed by atoms with Crippen LogP contribution in [0.5, 0.6) is 0 Å². The third kappa shape index (κ3) is 3.86. The first-order chi connectivity index (χ1) is 9.20. The van der Waals surface area contributed by atoms with Gasteiger partial charge in [-0.05, 0) is 6.92 Å². The summed E-state index contributed by atoms with van der Waals surface area (Å²) in [6.07, 6.45) is 1.67. The van der Waals surface area contributed by atoms with Gasteiger partial charge in [0.2, 0.25) is 0 Å². The van der Waals surface area contributed by atoms with Crippen LogP contribution >= 0.6 is 11.3 Å². The molecular formula is C13H19N3O2S. The molecule has 0 spiro atoms. The van der Waals surface area contributed by atoms with Gasteiger partial charge in [-0.2, -0.15) is 0 Å². The van der Waals surface area contributed by atoms with Crippen molar-refractivity contribution in [3.63, 3.8) is 0 Å². The van der Waals surface area contributed by atoms with Crippen LogP contribution < -0.4 is 5.32 Å². The lowest BCUT2D eigenvalue weighted by atomic mass is 10.3. The molecule has 19 heavy (non-hydrogen) atoms. The van der Waals surface area contributed by atoms with Crippen LogP contribution in [0.25, 0.3) is 0 Å². The van der Waals surface area contributed by atoms with Crippen molar-refractivity contribution < 1.29 is 9.53 Å². The smallest absolute Gasteiger partial charge is 0.263 e. The molecule has 0 unspecified atom stereocenters. The number of thiazole rings is 1. The monoisotopic (exact) mass is 281 g/mol. The number of amides is 1. The second-order valence-corrected chi connectivity index (χ2v) is 5.49. The third-order valence-electron chi connectivity index (χ3n) is 2.92. The normalized spacial score (nSPS) is 16.3. The average Bonchev–Trinajstić information content (AvgIpc) is 2.78. The number of hydrogen-bond donors (Lipinski definition) is 1. The van der Waals surface area contributed by atoms with Crippen LogP contribution in [0.4, 0.5) is 0 Å². The number of aromatic nitrogens is 1. The first kappa shape index (κ1) is 14.2. The summed E-state index contributed by atoms with van der Waals surface area (Å²) in [5, 5.41) is 3.78. The molecule has 0 bridgehead atoms. The molecule has 1 aromatic heterocycles. The number of ether oxygens (including phenoxy) is 1. The highest BCUT2D eigenvalue weighted by molar-refractivity contribution is 7.13. The molecule has 0 atom stereocenters. The van der Waals surface area contributed by atoms with Gasteiger partial charge in [0.15, 0.2) is 0 Å². The lowest BCUT2D eigenvalue weighted by Crippen LogP contribution is -2.35. The number of carbonyl (C=O) groups is 1. The number of morpholine rings is 1. The van der Waals surface area contributed by atoms with E-state index in [1.165, 1.54) is 11.3 Å². The van der Waals surface area contributed by atoms with Gasteiger partial charge >= 0.3 is 0 Å². The van der Waals surface area contributed by atoms with E-state index >= 15 is 0 Å². The molecule has 1 amide bonds. The molecule has 1 N–H and O–H groups in total. The van der Waals surface area contributed by atoms with E-state index in [-0.39, 0.29) is 5.91 Å². The highest BCUT2D eigenvalue weighted by Crippen LogP contribution is 2.19. The van der Waals surface area contributed by atoms with Crippen molar-refractivity contribution in [3.8, 4) is 0 Å². The van der Waals surface area contributed by atoms with Gasteiger partial charge in [0.05, 0.1) is 25.5 Å². The fraction of sp³-hybridized carbons (Fsp3) is 0.538. The molecule has 0 radical (unpaired) electrons. The zero-order valence-corrected chi connectivity index (χ0v) is 12.0. The first-order valence-corrected chi connectivity index (χ1v) is 7.18. The minimum Gasteiger partial charge on any atom is -0.379 e. The Morgan fingerprint density at radius 2 is 2.32 bits per heavy atom. The molecule has 2 heterocycles. The van der Waals surface area contributed by atoms with Gasteiger partial charge in [0, 0.05) is 19.6 Å². The van der Waals surface area contributed by atoms with E-state index in [0.717, 1.165) is 43.5 Å². The molecule has 6 heteroatoms. The van der Waals surface area contributed by atoms with Crippen LogP contribution in [0.15, 0.2) is 12.7 Å². The second kappa shape index (κ2) is 6.79. The Kier molecular flexibility index (Phi) is 5.07. The summed E-state index contributed by atoms with van der Waals surface area (Å²) in [6, 6.07) is 0. The fourth-order valence-corrected chi connectivity index (χ4v) is 2.95. The summed E-state index contributed by atoms with van der Waals surface area (Å²) in [7, 11) is 0. The molecule has 104 valence electrons. The van der Waals surface area contributed by atoms with Gasteiger partial charge in [-0.15, -0.1) is 17.9 Å². The van der Waals surface area contributed by atoms with Crippen LogP contribution in [0.2, 0.25) is 0 Å². The Labute approximate surface area is 117 Å². The molecule has 0 aliphatic carbocycles. The summed E-state index contributed by atoms with van der Waals surface area (Å²) >= 11 is 1.47. The topological polar surface area (TPSA) is 54.5 Å². The number of aryl methyl sites for hydroxylation is 1. The van der Waals surface area contributed by atoms with Gasteiger partial charge in [-0.1, -0.05) is 6.08 Å². The van der Waals surface area contributed by atoms with Crippen LogP contribution in [0.1, 0.15) is 20.4 Å². The summed E-state index contributed by atoms with van der Waals surface area (Å²) in [5.41, 5.74) is 0.801. The van der Waals surface area contributed by atoms with E-state index in [9.17, 15) is 4.79 Å². The molecule has 1 aromatic rings. The summed E-state index contributed by atoms with van der Waals surface area (Å²) < 4.78 is 5.32. The predicted octanol–water partition coefficient (Wildman–Crippen LogP) is 1.20. The van der Waals surface area contributed by atoms with Crippen molar-refractivity contribution in [2.45, 2.75) is 13.5 Å². The lowest BCUT2D eigenvalue weighted by molar-refractivity contribution is 0.0341. The van der Waals surface area contributed by atoms with Crippen LogP contribution in [-0.2, 0) is 11.3 Å². The standard InChI is InChI=1S/C13H19N3O2S/c1-3-4-14-13(17)12-10(2)15-11(19-12)9-16-5-7-18-8-6-16/h3H,1,4-9H2,2H3,(H,14,17). The van der Waals surface area contributed by atoms with Crippen LogP contribution in [0, 0.1) is 6.92 Å². The van der Waals surface area contributed by atoms with Crippen LogP contribution in [0.3, 0.4) is 0 Å². The van der Waals surface area contributed by atoms with Crippen molar-refractivity contribution in [1.82, 2.24) is 15.2 Å². The summed E-state index contributed by atoms with van der Waals surface area (Å²) in [5.74, 6) is -0.0665. The molecule has 5 nitrogen and oxygen atoms in total. The van der Waals surface area contributed by atoms with E-state index in [0.29, 0.717) is 11.4 Å². The Balaban J connectivity index is 1.99.